The number of anilines is 1. The average molecular weight is 401 g/mol. The molecule has 0 aliphatic carbocycles. The second kappa shape index (κ2) is 7.59. The molecule has 0 fully saturated rings. The standard InChI is InChI=1S/C20H11F4N3O2/c21-13-5-1-3-11(7-13)15-9-17(27-18(26)16(15)10-25)12-4-2-6-14(8-12)29-19(28)20(22,23)24/h1-9H,(H2,26,27). The molecule has 5 nitrogen and oxygen atoms in total. The van der Waals surface area contributed by atoms with Crippen molar-refractivity contribution in [3.63, 3.8) is 0 Å². The van der Waals surface area contributed by atoms with Crippen molar-refractivity contribution in [2.24, 2.45) is 0 Å². The maximum absolute atomic E-state index is 13.6. The number of hydrogen-bond acceptors (Lipinski definition) is 5. The molecule has 0 saturated heterocycles. The van der Waals surface area contributed by atoms with Crippen LogP contribution in [-0.2, 0) is 4.79 Å². The van der Waals surface area contributed by atoms with Gasteiger partial charge in [-0.3, -0.25) is 0 Å². The average Bonchev–Trinajstić information content (AvgIpc) is 2.67. The number of carbonyl (C=O) groups excluding carboxylic acids is 1. The highest BCUT2D eigenvalue weighted by molar-refractivity contribution is 5.81. The minimum Gasteiger partial charge on any atom is -0.420 e. The largest absolute Gasteiger partial charge is 0.491 e. The fraction of sp³-hybridized carbons (Fsp3) is 0.0500. The van der Waals surface area contributed by atoms with Gasteiger partial charge in [-0.15, -0.1) is 0 Å². The second-order valence-corrected chi connectivity index (χ2v) is 5.85. The molecular formula is C20H11F4N3O2. The van der Waals surface area contributed by atoms with E-state index in [-0.39, 0.29) is 28.4 Å². The number of ether oxygens (including phenoxy) is 1. The Morgan fingerprint density at radius 3 is 2.41 bits per heavy atom. The Hall–Kier alpha value is -3.93. The fourth-order valence-electron chi connectivity index (χ4n) is 2.60. The summed E-state index contributed by atoms with van der Waals surface area (Å²) < 4.78 is 55.1. The number of carbonyl (C=O) groups is 1. The molecule has 0 radical (unpaired) electrons. The molecule has 0 amide bonds. The van der Waals surface area contributed by atoms with Crippen LogP contribution in [0.4, 0.5) is 23.4 Å². The molecular weight excluding hydrogens is 390 g/mol. The van der Waals surface area contributed by atoms with E-state index in [0.717, 1.165) is 0 Å². The summed E-state index contributed by atoms with van der Waals surface area (Å²) in [4.78, 5) is 15.1. The van der Waals surface area contributed by atoms with Crippen LogP contribution in [0, 0.1) is 17.1 Å². The minimum atomic E-state index is -5.14. The third kappa shape index (κ3) is 4.32. The number of nitrogen functional groups attached to an aromatic ring is 1. The Labute approximate surface area is 162 Å². The van der Waals surface area contributed by atoms with E-state index >= 15 is 0 Å². The summed E-state index contributed by atoms with van der Waals surface area (Å²) in [5.41, 5.74) is 7.04. The van der Waals surface area contributed by atoms with Gasteiger partial charge in [0.25, 0.3) is 0 Å². The van der Waals surface area contributed by atoms with Crippen molar-refractivity contribution in [1.29, 1.82) is 5.26 Å². The van der Waals surface area contributed by atoms with Crippen LogP contribution >= 0.6 is 0 Å². The van der Waals surface area contributed by atoms with Crippen molar-refractivity contribution in [3.05, 3.63) is 66.0 Å². The molecule has 2 aromatic carbocycles. The zero-order valence-corrected chi connectivity index (χ0v) is 14.5. The Kier molecular flexibility index (Phi) is 5.19. The first-order valence-electron chi connectivity index (χ1n) is 8.05. The number of nitrogens with zero attached hydrogens (tertiary/aromatic N) is 2. The Morgan fingerprint density at radius 2 is 1.76 bits per heavy atom. The number of pyridine rings is 1. The number of halogens is 4. The van der Waals surface area contributed by atoms with Gasteiger partial charge in [0.1, 0.15) is 29.0 Å². The van der Waals surface area contributed by atoms with Gasteiger partial charge in [-0.1, -0.05) is 24.3 Å². The Bertz CT molecular complexity index is 1140. The molecule has 0 spiro atoms. The molecule has 29 heavy (non-hydrogen) atoms. The molecule has 1 aromatic heterocycles. The maximum Gasteiger partial charge on any atom is 0.491 e. The topological polar surface area (TPSA) is 89.0 Å². The predicted octanol–water partition coefficient (Wildman–Crippen LogP) is 4.48. The third-order valence-electron chi connectivity index (χ3n) is 3.87. The van der Waals surface area contributed by atoms with Crippen LogP contribution in [0.5, 0.6) is 5.75 Å². The summed E-state index contributed by atoms with van der Waals surface area (Å²) >= 11 is 0. The summed E-state index contributed by atoms with van der Waals surface area (Å²) in [7, 11) is 0. The smallest absolute Gasteiger partial charge is 0.420 e. The van der Waals surface area contributed by atoms with Crippen LogP contribution < -0.4 is 10.5 Å². The molecule has 0 aliphatic heterocycles. The molecule has 0 atom stereocenters. The minimum absolute atomic E-state index is 0.0269. The summed E-state index contributed by atoms with van der Waals surface area (Å²) in [6.45, 7) is 0. The van der Waals surface area contributed by atoms with Gasteiger partial charge in [-0.05, 0) is 35.9 Å². The van der Waals surface area contributed by atoms with Crippen LogP contribution in [0.25, 0.3) is 22.4 Å². The molecule has 3 rings (SSSR count). The SMILES string of the molecule is N#Cc1c(-c2cccc(F)c2)cc(-c2cccc(OC(=O)C(F)(F)F)c2)nc1N. The summed E-state index contributed by atoms with van der Waals surface area (Å²) in [6.07, 6.45) is -5.14. The molecule has 0 unspecified atom stereocenters. The molecule has 0 bridgehead atoms. The second-order valence-electron chi connectivity index (χ2n) is 5.85. The van der Waals surface area contributed by atoms with Crippen LogP contribution in [0.15, 0.2) is 54.6 Å². The lowest BCUT2D eigenvalue weighted by atomic mass is 9.98. The molecule has 1 heterocycles. The number of hydrogen-bond donors (Lipinski definition) is 1. The van der Waals surface area contributed by atoms with Crippen molar-refractivity contribution < 1.29 is 27.1 Å². The molecule has 9 heteroatoms. The molecule has 0 saturated carbocycles. The molecule has 0 aliphatic rings. The van der Waals surface area contributed by atoms with Crippen LogP contribution in [0.1, 0.15) is 5.56 Å². The summed E-state index contributed by atoms with van der Waals surface area (Å²) in [5.74, 6) is -3.37. The monoisotopic (exact) mass is 401 g/mol. The zero-order valence-electron chi connectivity index (χ0n) is 14.5. The number of rotatable bonds is 3. The molecule has 3 aromatic rings. The predicted molar refractivity (Wildman–Crippen MR) is 95.9 cm³/mol. The first kappa shape index (κ1) is 19.8. The van der Waals surface area contributed by atoms with Gasteiger partial charge in [0, 0.05) is 11.1 Å². The Morgan fingerprint density at radius 1 is 1.07 bits per heavy atom. The van der Waals surface area contributed by atoms with Gasteiger partial charge in [-0.25, -0.2) is 14.2 Å². The van der Waals surface area contributed by atoms with Crippen LogP contribution in [-0.4, -0.2) is 17.1 Å². The number of aromatic nitrogens is 1. The number of nitriles is 1. The first-order valence-corrected chi connectivity index (χ1v) is 8.05. The van der Waals surface area contributed by atoms with Crippen molar-refractivity contribution in [2.45, 2.75) is 6.18 Å². The van der Waals surface area contributed by atoms with E-state index in [2.05, 4.69) is 9.72 Å². The van der Waals surface area contributed by atoms with Crippen molar-refractivity contribution >= 4 is 11.8 Å². The number of alkyl halides is 3. The zero-order chi connectivity index (χ0) is 21.2. The summed E-state index contributed by atoms with van der Waals surface area (Å²) in [6, 6.07) is 14.1. The quantitative estimate of drug-likeness (QED) is 0.397. The normalized spacial score (nSPS) is 11.0. The van der Waals surface area contributed by atoms with Gasteiger partial charge in [0.05, 0.1) is 5.69 Å². The van der Waals surface area contributed by atoms with E-state index in [0.29, 0.717) is 11.1 Å². The highest BCUT2D eigenvalue weighted by Crippen LogP contribution is 2.32. The number of esters is 1. The van der Waals surface area contributed by atoms with E-state index in [1.165, 1.54) is 48.5 Å². The summed E-state index contributed by atoms with van der Waals surface area (Å²) in [5, 5.41) is 9.38. The number of nitrogens with two attached hydrogens (primary N) is 1. The van der Waals surface area contributed by atoms with E-state index in [1.54, 1.807) is 6.07 Å². The first-order chi connectivity index (χ1) is 13.7. The van der Waals surface area contributed by atoms with Crippen molar-refractivity contribution in [3.8, 4) is 34.2 Å². The lowest BCUT2D eigenvalue weighted by Gasteiger charge is -2.12. The molecule has 146 valence electrons. The Balaban J connectivity index is 2.07. The van der Waals surface area contributed by atoms with Crippen molar-refractivity contribution in [2.75, 3.05) is 5.73 Å². The fourth-order valence-corrected chi connectivity index (χ4v) is 2.60. The van der Waals surface area contributed by atoms with Gasteiger partial charge < -0.3 is 10.5 Å². The number of benzene rings is 2. The maximum atomic E-state index is 13.6. The van der Waals surface area contributed by atoms with Crippen molar-refractivity contribution in [1.82, 2.24) is 4.98 Å². The third-order valence-corrected chi connectivity index (χ3v) is 3.87. The van der Waals surface area contributed by atoms with Gasteiger partial charge in [0.2, 0.25) is 0 Å². The van der Waals surface area contributed by atoms with E-state index < -0.39 is 18.0 Å². The van der Waals surface area contributed by atoms with E-state index in [1.807, 2.05) is 6.07 Å². The highest BCUT2D eigenvalue weighted by Gasteiger charge is 2.41. The lowest BCUT2D eigenvalue weighted by Crippen LogP contribution is -2.27. The van der Waals surface area contributed by atoms with E-state index in [9.17, 15) is 27.6 Å². The van der Waals surface area contributed by atoms with Crippen LogP contribution in [0.2, 0.25) is 0 Å². The lowest BCUT2D eigenvalue weighted by molar-refractivity contribution is -0.189. The van der Waals surface area contributed by atoms with Gasteiger partial charge >= 0.3 is 12.1 Å². The van der Waals surface area contributed by atoms with Gasteiger partial charge in [-0.2, -0.15) is 18.4 Å². The van der Waals surface area contributed by atoms with E-state index in [4.69, 9.17) is 5.73 Å². The van der Waals surface area contributed by atoms with Gasteiger partial charge in [0.15, 0.2) is 0 Å². The van der Waals surface area contributed by atoms with Crippen LogP contribution in [0.3, 0.4) is 0 Å². The molecule has 2 N–H and O–H groups in total. The highest BCUT2D eigenvalue weighted by atomic mass is 19.4.